The number of allylic oxidation sites excluding steroid dienone is 1. The van der Waals surface area contributed by atoms with Gasteiger partial charge in [-0.05, 0) is 13.8 Å². The molecular formula is C14H21N5OS. The van der Waals surface area contributed by atoms with Gasteiger partial charge in [-0.1, -0.05) is 43.8 Å². The van der Waals surface area contributed by atoms with Crippen LogP contribution in [0.2, 0.25) is 0 Å². The largest absolute Gasteiger partial charge is 0.338 e. The predicted molar refractivity (Wildman–Crippen MR) is 82.2 cm³/mol. The molecule has 0 aliphatic heterocycles. The predicted octanol–water partition coefficient (Wildman–Crippen LogP) is 3.31. The summed E-state index contributed by atoms with van der Waals surface area (Å²) in [4.78, 5) is 4.48. The van der Waals surface area contributed by atoms with Gasteiger partial charge in [0.2, 0.25) is 5.89 Å². The fraction of sp³-hybridized carbons (Fsp3) is 0.571. The highest BCUT2D eigenvalue weighted by Gasteiger charge is 2.24. The van der Waals surface area contributed by atoms with Crippen molar-refractivity contribution in [3.05, 3.63) is 30.2 Å². The van der Waals surface area contributed by atoms with Gasteiger partial charge in [0.15, 0.2) is 11.0 Å². The first-order valence-corrected chi connectivity index (χ1v) is 7.72. The van der Waals surface area contributed by atoms with Crippen LogP contribution in [0.5, 0.6) is 0 Å². The van der Waals surface area contributed by atoms with Gasteiger partial charge in [0.25, 0.3) is 0 Å². The highest BCUT2D eigenvalue weighted by Crippen LogP contribution is 2.34. The normalized spacial score (nSPS) is 13.4. The second-order valence-electron chi connectivity index (χ2n) is 5.90. The zero-order valence-corrected chi connectivity index (χ0v) is 13.9. The average Bonchev–Trinajstić information content (AvgIpc) is 3.00. The molecule has 0 aliphatic carbocycles. The van der Waals surface area contributed by atoms with Crippen LogP contribution >= 0.6 is 11.8 Å². The molecule has 2 aromatic heterocycles. The van der Waals surface area contributed by atoms with Crippen molar-refractivity contribution in [2.45, 2.75) is 57.0 Å². The van der Waals surface area contributed by atoms with Crippen LogP contribution in [0.3, 0.4) is 0 Å². The van der Waals surface area contributed by atoms with Crippen LogP contribution in [-0.2, 0) is 12.0 Å². The van der Waals surface area contributed by atoms with E-state index in [0.29, 0.717) is 18.3 Å². The second kappa shape index (κ2) is 6.01. The van der Waals surface area contributed by atoms with Gasteiger partial charge in [0.05, 0.1) is 5.25 Å². The molecule has 114 valence electrons. The van der Waals surface area contributed by atoms with Crippen molar-refractivity contribution in [3.63, 3.8) is 0 Å². The van der Waals surface area contributed by atoms with E-state index in [4.69, 9.17) is 4.52 Å². The highest BCUT2D eigenvalue weighted by atomic mass is 32.2. The van der Waals surface area contributed by atoms with Gasteiger partial charge in [-0.25, -0.2) is 0 Å². The van der Waals surface area contributed by atoms with E-state index in [2.05, 4.69) is 47.7 Å². The molecule has 0 radical (unpaired) electrons. The van der Waals surface area contributed by atoms with Crippen LogP contribution in [0.1, 0.15) is 50.5 Å². The van der Waals surface area contributed by atoms with E-state index in [1.807, 2.05) is 24.5 Å². The number of aromatic nitrogens is 5. The lowest BCUT2D eigenvalue weighted by Gasteiger charge is -2.11. The molecule has 1 atom stereocenters. The Labute approximate surface area is 129 Å². The molecule has 2 heterocycles. The zero-order valence-electron chi connectivity index (χ0n) is 13.1. The fourth-order valence-electron chi connectivity index (χ4n) is 1.70. The molecular weight excluding hydrogens is 286 g/mol. The third kappa shape index (κ3) is 3.53. The summed E-state index contributed by atoms with van der Waals surface area (Å²) in [5, 5.41) is 13.2. The molecule has 0 saturated heterocycles. The Bertz CT molecular complexity index is 626. The third-order valence-corrected chi connectivity index (χ3v) is 4.02. The SMILES string of the molecule is C=CCn1c(C)nnc1SC(C)c1nc(C(C)(C)C)no1. The second-order valence-corrected chi connectivity index (χ2v) is 7.20. The monoisotopic (exact) mass is 307 g/mol. The smallest absolute Gasteiger partial charge is 0.239 e. The van der Waals surface area contributed by atoms with E-state index in [1.165, 1.54) is 0 Å². The summed E-state index contributed by atoms with van der Waals surface area (Å²) in [7, 11) is 0. The maximum Gasteiger partial charge on any atom is 0.239 e. The molecule has 1 unspecified atom stereocenters. The maximum absolute atomic E-state index is 5.37. The number of nitrogens with zero attached hydrogens (tertiary/aromatic N) is 5. The van der Waals surface area contributed by atoms with E-state index < -0.39 is 0 Å². The van der Waals surface area contributed by atoms with Gasteiger partial charge in [0.1, 0.15) is 5.82 Å². The molecule has 0 fully saturated rings. The van der Waals surface area contributed by atoms with Crippen LogP contribution in [0.15, 0.2) is 22.3 Å². The van der Waals surface area contributed by atoms with E-state index in [1.54, 1.807) is 11.8 Å². The number of aryl methyl sites for hydroxylation is 1. The van der Waals surface area contributed by atoms with E-state index in [9.17, 15) is 0 Å². The zero-order chi connectivity index (χ0) is 15.6. The first-order chi connectivity index (χ1) is 9.82. The minimum absolute atomic E-state index is 0.0146. The summed E-state index contributed by atoms with van der Waals surface area (Å²) < 4.78 is 7.38. The summed E-state index contributed by atoms with van der Waals surface area (Å²) >= 11 is 1.55. The molecule has 6 nitrogen and oxygen atoms in total. The van der Waals surface area contributed by atoms with Crippen LogP contribution in [0.4, 0.5) is 0 Å². The van der Waals surface area contributed by atoms with Gasteiger partial charge in [-0.15, -0.1) is 16.8 Å². The molecule has 0 aliphatic rings. The average molecular weight is 307 g/mol. The maximum atomic E-state index is 5.37. The summed E-state index contributed by atoms with van der Waals surface area (Å²) in [6.07, 6.45) is 1.83. The summed E-state index contributed by atoms with van der Waals surface area (Å²) in [6, 6.07) is 0. The molecule has 2 rings (SSSR count). The van der Waals surface area contributed by atoms with Crippen molar-refractivity contribution in [1.82, 2.24) is 24.9 Å². The van der Waals surface area contributed by atoms with E-state index >= 15 is 0 Å². The van der Waals surface area contributed by atoms with Crippen LogP contribution < -0.4 is 0 Å². The molecule has 2 aromatic rings. The molecule has 7 heteroatoms. The number of hydrogen-bond donors (Lipinski definition) is 0. The third-order valence-electron chi connectivity index (χ3n) is 2.96. The molecule has 0 N–H and O–H groups in total. The molecule has 0 aromatic carbocycles. The van der Waals surface area contributed by atoms with Gasteiger partial charge in [-0.3, -0.25) is 0 Å². The van der Waals surface area contributed by atoms with E-state index in [0.717, 1.165) is 11.0 Å². The molecule has 21 heavy (non-hydrogen) atoms. The van der Waals surface area contributed by atoms with Crippen LogP contribution in [-0.4, -0.2) is 24.9 Å². The van der Waals surface area contributed by atoms with Crippen molar-refractivity contribution in [2.75, 3.05) is 0 Å². The Morgan fingerprint density at radius 1 is 1.38 bits per heavy atom. The van der Waals surface area contributed by atoms with Crippen molar-refractivity contribution >= 4 is 11.8 Å². The van der Waals surface area contributed by atoms with Gasteiger partial charge >= 0.3 is 0 Å². The lowest BCUT2D eigenvalue weighted by Crippen LogP contribution is -2.13. The van der Waals surface area contributed by atoms with E-state index in [-0.39, 0.29) is 10.7 Å². The molecule has 0 bridgehead atoms. The van der Waals surface area contributed by atoms with Crippen LogP contribution in [0, 0.1) is 6.92 Å². The van der Waals surface area contributed by atoms with Crippen molar-refractivity contribution < 1.29 is 4.52 Å². The van der Waals surface area contributed by atoms with Gasteiger partial charge in [0, 0.05) is 12.0 Å². The summed E-state index contributed by atoms with van der Waals surface area (Å²) in [5.74, 6) is 2.19. The Hall–Kier alpha value is -1.63. The first-order valence-electron chi connectivity index (χ1n) is 6.84. The molecule has 0 saturated carbocycles. The standard InChI is InChI=1S/C14H21N5OS/c1-7-8-19-10(3)16-17-13(19)21-9(2)11-15-12(18-20-11)14(4,5)6/h7,9H,1,8H2,2-6H3. The van der Waals surface area contributed by atoms with Gasteiger partial charge < -0.3 is 9.09 Å². The first kappa shape index (κ1) is 15.8. The lowest BCUT2D eigenvalue weighted by atomic mass is 9.96. The Morgan fingerprint density at radius 2 is 2.10 bits per heavy atom. The molecule has 0 amide bonds. The number of hydrogen-bond acceptors (Lipinski definition) is 6. The number of thioether (sulfide) groups is 1. The minimum atomic E-state index is -0.119. The van der Waals surface area contributed by atoms with Crippen molar-refractivity contribution in [1.29, 1.82) is 0 Å². The lowest BCUT2D eigenvalue weighted by molar-refractivity contribution is 0.364. The van der Waals surface area contributed by atoms with Gasteiger partial charge in [-0.2, -0.15) is 4.98 Å². The van der Waals surface area contributed by atoms with Crippen molar-refractivity contribution in [3.8, 4) is 0 Å². The van der Waals surface area contributed by atoms with Crippen LogP contribution in [0.25, 0.3) is 0 Å². The Kier molecular flexibility index (Phi) is 4.51. The number of rotatable bonds is 5. The summed E-state index contributed by atoms with van der Waals surface area (Å²) in [5.41, 5.74) is -0.119. The minimum Gasteiger partial charge on any atom is -0.338 e. The summed E-state index contributed by atoms with van der Waals surface area (Å²) in [6.45, 7) is 14.6. The molecule has 0 spiro atoms. The van der Waals surface area contributed by atoms with Crippen molar-refractivity contribution in [2.24, 2.45) is 0 Å². The fourth-order valence-corrected chi connectivity index (χ4v) is 2.64. The highest BCUT2D eigenvalue weighted by molar-refractivity contribution is 7.99. The quantitative estimate of drug-likeness (QED) is 0.623. The Morgan fingerprint density at radius 3 is 2.67 bits per heavy atom. The Balaban J connectivity index is 2.16. The topological polar surface area (TPSA) is 69.6 Å².